The lowest BCUT2D eigenvalue weighted by Gasteiger charge is -2.11. The van der Waals surface area contributed by atoms with Gasteiger partial charge in [-0.3, -0.25) is 14.3 Å². The molecule has 0 aliphatic heterocycles. The van der Waals surface area contributed by atoms with E-state index in [1.165, 1.54) is 12.1 Å². The first-order valence-corrected chi connectivity index (χ1v) is 7.02. The molecule has 8 nitrogen and oxygen atoms in total. The minimum Gasteiger partial charge on any atom is -0.478 e. The topological polar surface area (TPSA) is 110 Å². The molecule has 0 bridgehead atoms. The lowest BCUT2D eigenvalue weighted by atomic mass is 10.2. The number of rotatable bonds is 4. The number of pyridine rings is 2. The summed E-state index contributed by atoms with van der Waals surface area (Å²) in [6, 6.07) is 6.10. The molecule has 0 aliphatic carbocycles. The first kappa shape index (κ1) is 15.3. The maximum absolute atomic E-state index is 12.3. The fourth-order valence-electron chi connectivity index (χ4n) is 2.13. The van der Waals surface area contributed by atoms with Gasteiger partial charge >= 0.3 is 5.97 Å². The summed E-state index contributed by atoms with van der Waals surface area (Å²) >= 11 is 0. The van der Waals surface area contributed by atoms with Crippen LogP contribution in [-0.2, 0) is 0 Å². The van der Waals surface area contributed by atoms with Crippen LogP contribution in [0.4, 0.5) is 5.69 Å². The van der Waals surface area contributed by atoms with E-state index in [4.69, 9.17) is 5.11 Å². The third-order valence-electron chi connectivity index (χ3n) is 3.33. The van der Waals surface area contributed by atoms with Gasteiger partial charge in [0.2, 0.25) is 0 Å². The summed E-state index contributed by atoms with van der Waals surface area (Å²) in [6.45, 7) is 1.83. The Hall–Kier alpha value is -3.55. The zero-order valence-corrected chi connectivity index (χ0v) is 12.7. The molecule has 3 aromatic rings. The van der Waals surface area contributed by atoms with Gasteiger partial charge in [0.15, 0.2) is 5.82 Å². The zero-order chi connectivity index (χ0) is 17.1. The summed E-state index contributed by atoms with van der Waals surface area (Å²) in [7, 11) is 0. The average molecular weight is 323 g/mol. The highest BCUT2D eigenvalue weighted by Crippen LogP contribution is 2.19. The molecule has 0 fully saturated rings. The van der Waals surface area contributed by atoms with Crippen LogP contribution in [-0.4, -0.2) is 36.5 Å². The highest BCUT2D eigenvalue weighted by Gasteiger charge is 2.14. The zero-order valence-electron chi connectivity index (χ0n) is 12.7. The molecule has 3 heterocycles. The molecule has 3 rings (SSSR count). The molecule has 0 radical (unpaired) electrons. The number of imidazole rings is 1. The van der Waals surface area contributed by atoms with E-state index in [9.17, 15) is 9.59 Å². The van der Waals surface area contributed by atoms with E-state index in [-0.39, 0.29) is 11.3 Å². The van der Waals surface area contributed by atoms with E-state index in [0.29, 0.717) is 11.5 Å². The van der Waals surface area contributed by atoms with E-state index in [2.05, 4.69) is 20.3 Å². The second-order valence-corrected chi connectivity index (χ2v) is 4.91. The highest BCUT2D eigenvalue weighted by molar-refractivity contribution is 6.04. The standard InChI is InChI=1S/C16H13N5O3/c1-10-17-7-8-21(10)14-12(3-2-6-18-14)20-15(22)13-5-4-11(9-19-13)16(23)24/h2-9H,1H3,(H,20,22)(H,23,24). The number of amides is 1. The molecule has 0 aliphatic rings. The lowest BCUT2D eigenvalue weighted by Crippen LogP contribution is -2.16. The Morgan fingerprint density at radius 3 is 2.58 bits per heavy atom. The number of nitrogens with one attached hydrogen (secondary N) is 1. The summed E-state index contributed by atoms with van der Waals surface area (Å²) in [6.07, 6.45) is 6.14. The van der Waals surface area contributed by atoms with E-state index < -0.39 is 11.9 Å². The molecular weight excluding hydrogens is 310 g/mol. The van der Waals surface area contributed by atoms with Crippen LogP contribution in [0.5, 0.6) is 0 Å². The molecule has 120 valence electrons. The van der Waals surface area contributed by atoms with E-state index in [0.717, 1.165) is 12.0 Å². The van der Waals surface area contributed by atoms with Gasteiger partial charge in [-0.1, -0.05) is 0 Å². The predicted octanol–water partition coefficient (Wildman–Crippen LogP) is 1.92. The second-order valence-electron chi connectivity index (χ2n) is 4.91. The molecule has 8 heteroatoms. The van der Waals surface area contributed by atoms with E-state index in [1.54, 1.807) is 35.3 Å². The van der Waals surface area contributed by atoms with Gasteiger partial charge in [0, 0.05) is 24.8 Å². The van der Waals surface area contributed by atoms with Crippen molar-refractivity contribution in [3.8, 4) is 5.82 Å². The van der Waals surface area contributed by atoms with Gasteiger partial charge in [0.05, 0.1) is 11.3 Å². The van der Waals surface area contributed by atoms with Crippen molar-refractivity contribution in [3.63, 3.8) is 0 Å². The van der Waals surface area contributed by atoms with Crippen molar-refractivity contribution in [3.05, 3.63) is 66.1 Å². The van der Waals surface area contributed by atoms with Crippen LogP contribution in [0.3, 0.4) is 0 Å². The van der Waals surface area contributed by atoms with Crippen molar-refractivity contribution in [2.75, 3.05) is 5.32 Å². The number of carbonyl (C=O) groups excluding carboxylic acids is 1. The van der Waals surface area contributed by atoms with Gasteiger partial charge < -0.3 is 10.4 Å². The molecule has 24 heavy (non-hydrogen) atoms. The van der Waals surface area contributed by atoms with E-state index in [1.807, 2.05) is 6.92 Å². The summed E-state index contributed by atoms with van der Waals surface area (Å²) < 4.78 is 1.75. The van der Waals surface area contributed by atoms with Crippen molar-refractivity contribution in [2.24, 2.45) is 0 Å². The highest BCUT2D eigenvalue weighted by atomic mass is 16.4. The Balaban J connectivity index is 1.87. The Morgan fingerprint density at radius 1 is 1.12 bits per heavy atom. The molecule has 3 aromatic heterocycles. The largest absolute Gasteiger partial charge is 0.478 e. The normalized spacial score (nSPS) is 10.4. The molecule has 0 saturated carbocycles. The number of carboxylic acids is 1. The van der Waals surface area contributed by atoms with Crippen molar-refractivity contribution in [2.45, 2.75) is 6.92 Å². The molecule has 1 amide bonds. The molecular formula is C16H13N5O3. The number of aromatic nitrogens is 4. The first-order valence-electron chi connectivity index (χ1n) is 7.02. The molecule has 0 spiro atoms. The first-order chi connectivity index (χ1) is 11.6. The van der Waals surface area contributed by atoms with Crippen LogP contribution < -0.4 is 5.32 Å². The smallest absolute Gasteiger partial charge is 0.337 e. The number of nitrogens with zero attached hydrogens (tertiary/aromatic N) is 4. The fourth-order valence-corrected chi connectivity index (χ4v) is 2.13. The molecule has 0 unspecified atom stereocenters. The maximum atomic E-state index is 12.3. The third-order valence-corrected chi connectivity index (χ3v) is 3.33. The van der Waals surface area contributed by atoms with Gasteiger partial charge in [0.1, 0.15) is 11.5 Å². The number of hydrogen-bond donors (Lipinski definition) is 2. The molecule has 0 aromatic carbocycles. The number of aromatic carboxylic acids is 1. The number of hydrogen-bond acceptors (Lipinski definition) is 5. The van der Waals surface area contributed by atoms with Crippen LogP contribution in [0.25, 0.3) is 5.82 Å². The van der Waals surface area contributed by atoms with E-state index >= 15 is 0 Å². The second kappa shape index (κ2) is 6.29. The monoisotopic (exact) mass is 323 g/mol. The SMILES string of the molecule is Cc1nccn1-c1ncccc1NC(=O)c1ccc(C(=O)O)cn1. The summed E-state index contributed by atoms with van der Waals surface area (Å²) in [5.41, 5.74) is 0.618. The van der Waals surface area contributed by atoms with Crippen molar-refractivity contribution < 1.29 is 14.7 Å². The Labute approximate surface area is 136 Å². The lowest BCUT2D eigenvalue weighted by molar-refractivity contribution is 0.0696. The van der Waals surface area contributed by atoms with Crippen molar-refractivity contribution in [1.82, 2.24) is 19.5 Å². The summed E-state index contributed by atoms with van der Waals surface area (Å²) in [5, 5.41) is 11.6. The van der Waals surface area contributed by atoms with Gasteiger partial charge in [-0.25, -0.2) is 14.8 Å². The van der Waals surface area contributed by atoms with Crippen LogP contribution in [0.15, 0.2) is 49.1 Å². The van der Waals surface area contributed by atoms with Gasteiger partial charge in [-0.2, -0.15) is 0 Å². The predicted molar refractivity (Wildman–Crippen MR) is 85.2 cm³/mol. The Bertz CT molecular complexity index is 902. The van der Waals surface area contributed by atoms with Crippen LogP contribution in [0, 0.1) is 6.92 Å². The quantitative estimate of drug-likeness (QED) is 0.759. The van der Waals surface area contributed by atoms with Gasteiger partial charge in [-0.05, 0) is 31.2 Å². The van der Waals surface area contributed by atoms with Crippen molar-refractivity contribution in [1.29, 1.82) is 0 Å². The van der Waals surface area contributed by atoms with Crippen LogP contribution >= 0.6 is 0 Å². The van der Waals surface area contributed by atoms with Crippen LogP contribution in [0.1, 0.15) is 26.7 Å². The fraction of sp³-hybridized carbons (Fsp3) is 0.0625. The summed E-state index contributed by atoms with van der Waals surface area (Å²) in [5.74, 6) is -0.297. The summed E-state index contributed by atoms with van der Waals surface area (Å²) in [4.78, 5) is 35.4. The average Bonchev–Trinajstić information content (AvgIpc) is 3.01. The number of anilines is 1. The van der Waals surface area contributed by atoms with Crippen LogP contribution in [0.2, 0.25) is 0 Å². The van der Waals surface area contributed by atoms with Gasteiger partial charge in [-0.15, -0.1) is 0 Å². The number of aryl methyl sites for hydroxylation is 1. The number of carbonyl (C=O) groups is 2. The minimum absolute atomic E-state index is 0.0163. The molecule has 2 N–H and O–H groups in total. The number of carboxylic acid groups (broad SMARTS) is 1. The maximum Gasteiger partial charge on any atom is 0.337 e. The Kier molecular flexibility index (Phi) is 4.02. The van der Waals surface area contributed by atoms with Gasteiger partial charge in [0.25, 0.3) is 5.91 Å². The van der Waals surface area contributed by atoms with Crippen molar-refractivity contribution >= 4 is 17.6 Å². The molecule has 0 atom stereocenters. The third kappa shape index (κ3) is 2.98. The minimum atomic E-state index is -1.10. The Morgan fingerprint density at radius 2 is 1.96 bits per heavy atom. The molecule has 0 saturated heterocycles.